The highest BCUT2D eigenvalue weighted by Gasteiger charge is 2.26. The van der Waals surface area contributed by atoms with Crippen LogP contribution in [-0.2, 0) is 17.6 Å². The fourth-order valence-electron chi connectivity index (χ4n) is 2.19. The first-order chi connectivity index (χ1) is 10.6. The third-order valence-corrected chi connectivity index (χ3v) is 4.90. The highest BCUT2D eigenvalue weighted by molar-refractivity contribution is 7.11. The molecule has 1 atom stereocenters. The van der Waals surface area contributed by atoms with Gasteiger partial charge in [0.25, 0.3) is 0 Å². The second-order valence-corrected chi connectivity index (χ2v) is 8.00. The molecule has 0 saturated heterocycles. The van der Waals surface area contributed by atoms with Crippen molar-refractivity contribution in [3.63, 3.8) is 0 Å². The van der Waals surface area contributed by atoms with Gasteiger partial charge in [-0.15, -0.1) is 11.3 Å². The van der Waals surface area contributed by atoms with Crippen LogP contribution in [0.5, 0.6) is 0 Å². The maximum absolute atomic E-state index is 13.8. The Morgan fingerprint density at radius 2 is 1.91 bits per heavy atom. The van der Waals surface area contributed by atoms with Crippen LogP contribution in [0.1, 0.15) is 43.1 Å². The van der Waals surface area contributed by atoms with Crippen molar-refractivity contribution in [3.05, 3.63) is 51.5 Å². The van der Waals surface area contributed by atoms with Gasteiger partial charge in [0.15, 0.2) is 0 Å². The molecule has 0 bridgehead atoms. The van der Waals surface area contributed by atoms with Crippen LogP contribution in [0, 0.1) is 11.6 Å². The van der Waals surface area contributed by atoms with Crippen molar-refractivity contribution in [1.29, 1.82) is 0 Å². The van der Waals surface area contributed by atoms with Gasteiger partial charge in [0.2, 0.25) is 0 Å². The summed E-state index contributed by atoms with van der Waals surface area (Å²) < 4.78 is 26.8. The molecule has 3 nitrogen and oxygen atoms in total. The molecule has 2 N–H and O–H groups in total. The van der Waals surface area contributed by atoms with Gasteiger partial charge in [-0.3, -0.25) is 0 Å². The first kappa shape index (κ1) is 18.0. The maximum atomic E-state index is 13.8. The second-order valence-electron chi connectivity index (χ2n) is 6.88. The van der Waals surface area contributed by atoms with Gasteiger partial charge in [-0.05, 0) is 13.0 Å². The minimum absolute atomic E-state index is 0.00561. The molecule has 126 valence electrons. The Labute approximate surface area is 139 Å². The summed E-state index contributed by atoms with van der Waals surface area (Å²) in [5.74, 6) is -1.40. The van der Waals surface area contributed by atoms with Crippen LogP contribution < -0.4 is 5.32 Å². The predicted molar refractivity (Wildman–Crippen MR) is 88.4 cm³/mol. The van der Waals surface area contributed by atoms with Crippen molar-refractivity contribution in [1.82, 2.24) is 10.3 Å². The number of hydrogen-bond donors (Lipinski definition) is 2. The average molecular weight is 340 g/mol. The van der Waals surface area contributed by atoms with Crippen LogP contribution in [0.4, 0.5) is 8.78 Å². The Balaban J connectivity index is 1.98. The predicted octanol–water partition coefficient (Wildman–Crippen LogP) is 3.72. The highest BCUT2D eigenvalue weighted by atomic mass is 32.1. The fourth-order valence-corrected chi connectivity index (χ4v) is 3.13. The molecule has 1 heterocycles. The van der Waals surface area contributed by atoms with E-state index in [2.05, 4.69) is 31.1 Å². The highest BCUT2D eigenvalue weighted by Crippen LogP contribution is 2.27. The van der Waals surface area contributed by atoms with Crippen LogP contribution >= 0.6 is 11.3 Å². The second kappa shape index (κ2) is 6.63. The zero-order valence-corrected chi connectivity index (χ0v) is 14.6. The smallest absolute Gasteiger partial charge is 0.132 e. The zero-order chi connectivity index (χ0) is 17.3. The molecule has 0 fully saturated rings. The van der Waals surface area contributed by atoms with E-state index in [1.54, 1.807) is 11.3 Å². The third kappa shape index (κ3) is 4.56. The molecule has 2 aromatic rings. The van der Waals surface area contributed by atoms with Gasteiger partial charge in [-0.1, -0.05) is 26.8 Å². The lowest BCUT2D eigenvalue weighted by atomic mass is 9.95. The summed E-state index contributed by atoms with van der Waals surface area (Å²) in [6.07, 6.45) is 1.81. The van der Waals surface area contributed by atoms with Gasteiger partial charge in [-0.2, -0.15) is 0 Å². The van der Waals surface area contributed by atoms with E-state index >= 15 is 0 Å². The van der Waals surface area contributed by atoms with E-state index in [-0.39, 0.29) is 17.5 Å². The van der Waals surface area contributed by atoms with Crippen LogP contribution in [0.15, 0.2) is 24.4 Å². The lowest BCUT2D eigenvalue weighted by molar-refractivity contribution is 0.0529. The van der Waals surface area contributed by atoms with Crippen LogP contribution in [0.3, 0.4) is 0 Å². The zero-order valence-electron chi connectivity index (χ0n) is 13.8. The number of benzene rings is 1. The molecule has 0 aliphatic rings. The Kier molecular flexibility index (Phi) is 5.18. The number of rotatable bonds is 5. The van der Waals surface area contributed by atoms with Gasteiger partial charge in [-0.25, -0.2) is 13.8 Å². The number of thiazole rings is 1. The summed E-state index contributed by atoms with van der Waals surface area (Å²) in [6.45, 7) is 8.50. The number of halogens is 2. The summed E-state index contributed by atoms with van der Waals surface area (Å²) in [6, 6.07) is 3.20. The Morgan fingerprint density at radius 1 is 1.22 bits per heavy atom. The number of aliphatic hydroxyl groups is 1. The minimum Gasteiger partial charge on any atom is -0.384 e. The molecule has 0 aliphatic heterocycles. The fraction of sp³-hybridized carbons (Fsp3) is 0.471. The van der Waals surface area contributed by atoms with E-state index in [0.717, 1.165) is 22.0 Å². The molecule has 0 spiro atoms. The molecule has 1 aromatic carbocycles. The number of aromatic nitrogens is 1. The third-order valence-electron chi connectivity index (χ3n) is 3.47. The normalized spacial score (nSPS) is 14.7. The molecule has 0 aliphatic carbocycles. The van der Waals surface area contributed by atoms with Crippen LogP contribution in [0.2, 0.25) is 0 Å². The minimum atomic E-state index is -1.42. The van der Waals surface area contributed by atoms with Crippen molar-refractivity contribution >= 4 is 11.3 Å². The summed E-state index contributed by atoms with van der Waals surface area (Å²) in [4.78, 5) is 5.45. The molecule has 2 rings (SSSR count). The largest absolute Gasteiger partial charge is 0.384 e. The van der Waals surface area contributed by atoms with Crippen LogP contribution in [-0.4, -0.2) is 16.6 Å². The average Bonchev–Trinajstić information content (AvgIpc) is 2.86. The summed E-state index contributed by atoms with van der Waals surface area (Å²) >= 11 is 1.61. The Bertz CT molecular complexity index is 677. The monoisotopic (exact) mass is 340 g/mol. The molecule has 0 saturated carbocycles. The molecule has 1 unspecified atom stereocenters. The van der Waals surface area contributed by atoms with Gasteiger partial charge in [0.05, 0.1) is 5.01 Å². The number of nitrogens with one attached hydrogen (secondary N) is 1. The van der Waals surface area contributed by atoms with E-state index in [1.165, 1.54) is 13.0 Å². The van der Waals surface area contributed by atoms with Gasteiger partial charge in [0, 0.05) is 41.2 Å². The first-order valence-corrected chi connectivity index (χ1v) is 8.25. The van der Waals surface area contributed by atoms with Crippen molar-refractivity contribution in [2.75, 3.05) is 6.54 Å². The SMILES string of the molecule is CC(C)(C)c1ncc(CNCC(C)(O)c2ccc(F)cc2F)s1. The molecule has 0 radical (unpaired) electrons. The summed E-state index contributed by atoms with van der Waals surface area (Å²) in [5, 5.41) is 14.6. The van der Waals surface area contributed by atoms with Crippen molar-refractivity contribution in [2.45, 2.75) is 45.3 Å². The maximum Gasteiger partial charge on any atom is 0.132 e. The number of hydrogen-bond acceptors (Lipinski definition) is 4. The van der Waals surface area contributed by atoms with Gasteiger partial charge < -0.3 is 10.4 Å². The van der Waals surface area contributed by atoms with E-state index < -0.39 is 17.2 Å². The topological polar surface area (TPSA) is 45.2 Å². The van der Waals surface area contributed by atoms with E-state index in [0.29, 0.717) is 6.54 Å². The number of nitrogens with zero attached hydrogens (tertiary/aromatic N) is 1. The molecule has 6 heteroatoms. The Hall–Kier alpha value is -1.37. The lowest BCUT2D eigenvalue weighted by Crippen LogP contribution is -2.35. The van der Waals surface area contributed by atoms with E-state index in [1.807, 2.05) is 6.20 Å². The Morgan fingerprint density at radius 3 is 2.48 bits per heavy atom. The summed E-state index contributed by atoms with van der Waals surface area (Å²) in [7, 11) is 0. The van der Waals surface area contributed by atoms with Gasteiger partial charge in [0.1, 0.15) is 17.2 Å². The first-order valence-electron chi connectivity index (χ1n) is 7.43. The molecular weight excluding hydrogens is 318 g/mol. The van der Waals surface area contributed by atoms with Crippen molar-refractivity contribution in [2.24, 2.45) is 0 Å². The standard InChI is InChI=1S/C17H22F2N2OS/c1-16(2,3)15-21-9-12(23-15)8-20-10-17(4,22)13-6-5-11(18)7-14(13)19/h5-7,9,20,22H,8,10H2,1-4H3. The van der Waals surface area contributed by atoms with E-state index in [4.69, 9.17) is 0 Å². The van der Waals surface area contributed by atoms with Gasteiger partial charge >= 0.3 is 0 Å². The molecule has 0 amide bonds. The van der Waals surface area contributed by atoms with Crippen LogP contribution in [0.25, 0.3) is 0 Å². The van der Waals surface area contributed by atoms with Crippen molar-refractivity contribution < 1.29 is 13.9 Å². The molecule has 23 heavy (non-hydrogen) atoms. The summed E-state index contributed by atoms with van der Waals surface area (Å²) in [5.41, 5.74) is -1.34. The van der Waals surface area contributed by atoms with Crippen molar-refractivity contribution in [3.8, 4) is 0 Å². The quantitative estimate of drug-likeness (QED) is 0.872. The molecule has 1 aromatic heterocycles. The lowest BCUT2D eigenvalue weighted by Gasteiger charge is -2.24. The molecular formula is C17H22F2N2OS. The van der Waals surface area contributed by atoms with E-state index in [9.17, 15) is 13.9 Å².